The van der Waals surface area contributed by atoms with Crippen LogP contribution in [-0.4, -0.2) is 17.4 Å². The Bertz CT molecular complexity index is 127. The maximum absolute atomic E-state index is 9.00. The molecule has 0 bridgehead atoms. The lowest BCUT2D eigenvalue weighted by atomic mass is 10.4. The molecule has 0 aromatic carbocycles. The predicted molar refractivity (Wildman–Crippen MR) is 48.8 cm³/mol. The quantitative estimate of drug-likeness (QED) is 0.484. The van der Waals surface area contributed by atoms with Crippen molar-refractivity contribution in [3.63, 3.8) is 0 Å². The van der Waals surface area contributed by atoms with E-state index in [4.69, 9.17) is 14.7 Å². The summed E-state index contributed by atoms with van der Waals surface area (Å²) >= 11 is 0. The highest BCUT2D eigenvalue weighted by molar-refractivity contribution is 5.71. The van der Waals surface area contributed by atoms with Gasteiger partial charge in [0, 0.05) is 6.92 Å². The molecule has 3 heteroatoms. The van der Waals surface area contributed by atoms with E-state index in [1.54, 1.807) is 5.92 Å². The van der Waals surface area contributed by atoms with Crippen LogP contribution >= 0.6 is 0 Å². The van der Waals surface area contributed by atoms with Crippen LogP contribution in [0.15, 0.2) is 0 Å². The molecule has 0 spiro atoms. The number of carboxylic acid groups (broad SMARTS) is 1. The maximum atomic E-state index is 9.00. The largest absolute Gasteiger partial charge is 0.481 e. The van der Waals surface area contributed by atoms with E-state index < -0.39 is 5.97 Å². The molecule has 0 saturated carbocycles. The van der Waals surface area contributed by atoms with Gasteiger partial charge in [0.05, 0.1) is 0 Å². The summed E-state index contributed by atoms with van der Waals surface area (Å²) < 4.78 is 0. The highest BCUT2D eigenvalue weighted by Gasteiger charge is 1.65. The SMILES string of the molecule is C#CC=O.CC(=O)O.CCCC. The number of rotatable bonds is 1. The first-order chi connectivity index (χ1) is 5.56. The molecule has 0 aromatic rings. The molecule has 12 heavy (non-hydrogen) atoms. The summed E-state index contributed by atoms with van der Waals surface area (Å²) in [5.41, 5.74) is 0. The minimum absolute atomic E-state index is 0.403. The zero-order valence-electron chi connectivity index (χ0n) is 7.83. The van der Waals surface area contributed by atoms with Gasteiger partial charge in [-0.2, -0.15) is 0 Å². The monoisotopic (exact) mass is 172 g/mol. The molecule has 0 radical (unpaired) electrons. The lowest BCUT2D eigenvalue weighted by Gasteiger charge is -1.68. The second-order valence-corrected chi connectivity index (χ2v) is 1.80. The normalized spacial score (nSPS) is 5.83. The summed E-state index contributed by atoms with van der Waals surface area (Å²) in [5.74, 6) is 0.917. The highest BCUT2D eigenvalue weighted by atomic mass is 16.4. The number of carbonyl (C=O) groups excluding carboxylic acids is 1. The molecule has 0 fully saturated rings. The van der Waals surface area contributed by atoms with Crippen molar-refractivity contribution in [2.24, 2.45) is 0 Å². The number of terminal acetylenes is 1. The van der Waals surface area contributed by atoms with Gasteiger partial charge in [0.1, 0.15) is 0 Å². The molecular weight excluding hydrogens is 156 g/mol. The van der Waals surface area contributed by atoms with Crippen LogP contribution in [0.2, 0.25) is 0 Å². The summed E-state index contributed by atoms with van der Waals surface area (Å²) in [6, 6.07) is 0. The first-order valence-electron chi connectivity index (χ1n) is 3.65. The van der Waals surface area contributed by atoms with Crippen LogP contribution in [0.4, 0.5) is 0 Å². The van der Waals surface area contributed by atoms with Crippen molar-refractivity contribution in [1.82, 2.24) is 0 Å². The van der Waals surface area contributed by atoms with Gasteiger partial charge in [0.15, 0.2) is 6.29 Å². The zero-order chi connectivity index (χ0) is 10.4. The van der Waals surface area contributed by atoms with E-state index in [9.17, 15) is 0 Å². The Balaban J connectivity index is -0.000000101. The van der Waals surface area contributed by atoms with Gasteiger partial charge in [0.25, 0.3) is 5.97 Å². The lowest BCUT2D eigenvalue weighted by Crippen LogP contribution is -1.78. The average molecular weight is 172 g/mol. The third-order valence-electron chi connectivity index (χ3n) is 0.568. The number of aliphatic carboxylic acids is 1. The summed E-state index contributed by atoms with van der Waals surface area (Å²) in [7, 11) is 0. The second-order valence-electron chi connectivity index (χ2n) is 1.80. The van der Waals surface area contributed by atoms with Crippen LogP contribution < -0.4 is 0 Å². The number of carbonyl (C=O) groups is 2. The van der Waals surface area contributed by atoms with Gasteiger partial charge < -0.3 is 5.11 Å². The van der Waals surface area contributed by atoms with E-state index in [2.05, 4.69) is 20.3 Å². The fourth-order valence-corrected chi connectivity index (χ4v) is 0. The van der Waals surface area contributed by atoms with Crippen LogP contribution in [0.25, 0.3) is 0 Å². The molecule has 0 rings (SSSR count). The van der Waals surface area contributed by atoms with Gasteiger partial charge in [-0.3, -0.25) is 9.59 Å². The van der Waals surface area contributed by atoms with E-state index in [1.807, 2.05) is 0 Å². The number of hydrogen-bond donors (Lipinski definition) is 1. The van der Waals surface area contributed by atoms with Crippen LogP contribution in [0, 0.1) is 12.3 Å². The highest BCUT2D eigenvalue weighted by Crippen LogP contribution is 1.76. The summed E-state index contributed by atoms with van der Waals surface area (Å²) in [5, 5.41) is 7.42. The molecular formula is C9H16O3. The minimum atomic E-state index is -0.833. The van der Waals surface area contributed by atoms with Crippen LogP contribution in [-0.2, 0) is 9.59 Å². The molecule has 0 aliphatic rings. The van der Waals surface area contributed by atoms with E-state index in [-0.39, 0.29) is 0 Å². The summed E-state index contributed by atoms with van der Waals surface area (Å²) in [6.45, 7) is 5.44. The molecule has 0 aliphatic heterocycles. The molecule has 0 aromatic heterocycles. The Kier molecular flexibility index (Phi) is 32.0. The van der Waals surface area contributed by atoms with Crippen LogP contribution in [0.3, 0.4) is 0 Å². The molecule has 0 atom stereocenters. The van der Waals surface area contributed by atoms with Crippen LogP contribution in [0.5, 0.6) is 0 Å². The number of unbranched alkanes of at least 4 members (excludes halogenated alkanes) is 1. The van der Waals surface area contributed by atoms with Gasteiger partial charge in [-0.1, -0.05) is 26.7 Å². The average Bonchev–Trinajstić information content (AvgIpc) is 2.03. The maximum Gasteiger partial charge on any atom is 0.300 e. The summed E-state index contributed by atoms with van der Waals surface area (Å²) in [4.78, 5) is 17.9. The van der Waals surface area contributed by atoms with Gasteiger partial charge in [-0.25, -0.2) is 0 Å². The van der Waals surface area contributed by atoms with Crippen molar-refractivity contribution < 1.29 is 14.7 Å². The van der Waals surface area contributed by atoms with Crippen molar-refractivity contribution in [2.75, 3.05) is 0 Å². The van der Waals surface area contributed by atoms with Crippen molar-refractivity contribution in [1.29, 1.82) is 0 Å². The smallest absolute Gasteiger partial charge is 0.300 e. The first-order valence-corrected chi connectivity index (χ1v) is 3.65. The summed E-state index contributed by atoms with van der Waals surface area (Å²) in [6.07, 6.45) is 7.45. The number of aldehydes is 1. The van der Waals surface area contributed by atoms with E-state index in [1.165, 1.54) is 12.8 Å². The molecule has 3 nitrogen and oxygen atoms in total. The van der Waals surface area contributed by atoms with Crippen molar-refractivity contribution >= 4 is 12.3 Å². The Hall–Kier alpha value is -1.30. The Morgan fingerprint density at radius 3 is 1.67 bits per heavy atom. The van der Waals surface area contributed by atoms with Gasteiger partial charge in [-0.05, 0) is 5.92 Å². The second kappa shape index (κ2) is 22.6. The predicted octanol–water partition coefficient (Wildman–Crippen LogP) is 1.72. The van der Waals surface area contributed by atoms with Crippen LogP contribution in [0.1, 0.15) is 33.6 Å². The number of carboxylic acids is 1. The van der Waals surface area contributed by atoms with Gasteiger partial charge in [0.2, 0.25) is 0 Å². The lowest BCUT2D eigenvalue weighted by molar-refractivity contribution is -0.134. The molecule has 0 amide bonds. The molecule has 1 N–H and O–H groups in total. The fourth-order valence-electron chi connectivity index (χ4n) is 0. The molecule has 70 valence electrons. The van der Waals surface area contributed by atoms with E-state index in [0.29, 0.717) is 6.29 Å². The molecule has 0 aliphatic carbocycles. The molecule has 0 saturated heterocycles. The van der Waals surface area contributed by atoms with Crippen molar-refractivity contribution in [2.45, 2.75) is 33.6 Å². The van der Waals surface area contributed by atoms with Gasteiger partial charge >= 0.3 is 0 Å². The fraction of sp³-hybridized carbons (Fsp3) is 0.556. The Morgan fingerprint density at radius 1 is 1.50 bits per heavy atom. The zero-order valence-corrected chi connectivity index (χ0v) is 7.83. The molecule has 0 heterocycles. The van der Waals surface area contributed by atoms with E-state index >= 15 is 0 Å². The minimum Gasteiger partial charge on any atom is -0.481 e. The van der Waals surface area contributed by atoms with Crippen molar-refractivity contribution in [3.05, 3.63) is 0 Å². The standard InChI is InChI=1S/C4H10.C3H2O.C2H4O2/c1-3-4-2;1-2-3-4;1-2(3)4/h3-4H2,1-2H3;1,3H;1H3,(H,3,4). The third-order valence-corrected chi connectivity index (χ3v) is 0.568. The first kappa shape index (κ1) is 17.0. The Morgan fingerprint density at radius 2 is 1.67 bits per heavy atom. The topological polar surface area (TPSA) is 54.4 Å². The third kappa shape index (κ3) is 1050. The van der Waals surface area contributed by atoms with E-state index in [0.717, 1.165) is 6.92 Å². The molecule has 0 unspecified atom stereocenters. The number of hydrogen-bond acceptors (Lipinski definition) is 2. The van der Waals surface area contributed by atoms with Crippen molar-refractivity contribution in [3.8, 4) is 12.3 Å². The van der Waals surface area contributed by atoms with Gasteiger partial charge in [-0.15, -0.1) is 6.42 Å². The Labute approximate surface area is 73.8 Å².